The van der Waals surface area contributed by atoms with Crippen LogP contribution < -0.4 is 4.90 Å². The molecule has 1 fully saturated rings. The first-order valence-corrected chi connectivity index (χ1v) is 7.67. The molecule has 0 bridgehead atoms. The largest absolute Gasteiger partial charge is 0.341 e. The van der Waals surface area contributed by atoms with Gasteiger partial charge in [0.05, 0.1) is 0 Å². The normalized spacial score (nSPS) is 18.8. The molecule has 0 radical (unpaired) electrons. The van der Waals surface area contributed by atoms with Gasteiger partial charge in [0.1, 0.15) is 0 Å². The lowest BCUT2D eigenvalue weighted by atomic mass is 9.92. The van der Waals surface area contributed by atoms with Crippen molar-refractivity contribution >= 4 is 5.95 Å². The quantitative estimate of drug-likeness (QED) is 0.868. The summed E-state index contributed by atoms with van der Waals surface area (Å²) in [5.74, 6) is 1.55. The molecule has 1 atom stereocenters. The van der Waals surface area contributed by atoms with E-state index in [9.17, 15) is 0 Å². The van der Waals surface area contributed by atoms with Gasteiger partial charge in [0.25, 0.3) is 0 Å². The van der Waals surface area contributed by atoms with Gasteiger partial charge in [-0.05, 0) is 56.7 Å². The van der Waals surface area contributed by atoms with Gasteiger partial charge in [0, 0.05) is 36.9 Å². The molecule has 0 amide bonds. The highest BCUT2D eigenvalue weighted by atomic mass is 15.3. The van der Waals surface area contributed by atoms with Crippen molar-refractivity contribution in [2.75, 3.05) is 18.0 Å². The van der Waals surface area contributed by atoms with Gasteiger partial charge in [-0.2, -0.15) is 0 Å². The van der Waals surface area contributed by atoms with E-state index in [0.717, 1.165) is 36.8 Å². The summed E-state index contributed by atoms with van der Waals surface area (Å²) < 4.78 is 0. The van der Waals surface area contributed by atoms with E-state index in [1.54, 1.807) is 0 Å². The van der Waals surface area contributed by atoms with Crippen molar-refractivity contribution in [1.82, 2.24) is 15.0 Å². The van der Waals surface area contributed by atoms with Gasteiger partial charge in [0.15, 0.2) is 0 Å². The monoisotopic (exact) mass is 282 g/mol. The first-order valence-electron chi connectivity index (χ1n) is 7.67. The third-order valence-corrected chi connectivity index (χ3v) is 4.02. The number of hydrogen-bond acceptors (Lipinski definition) is 4. The summed E-state index contributed by atoms with van der Waals surface area (Å²) in [6, 6.07) is 6.21. The van der Waals surface area contributed by atoms with E-state index in [4.69, 9.17) is 0 Å². The van der Waals surface area contributed by atoms with Crippen LogP contribution in [-0.2, 0) is 6.42 Å². The molecule has 0 unspecified atom stereocenters. The lowest BCUT2D eigenvalue weighted by Gasteiger charge is -2.33. The molecule has 2 aromatic heterocycles. The van der Waals surface area contributed by atoms with E-state index in [1.165, 1.54) is 18.4 Å². The van der Waals surface area contributed by atoms with Gasteiger partial charge in [-0.15, -0.1) is 0 Å². The Labute approximate surface area is 126 Å². The summed E-state index contributed by atoms with van der Waals surface area (Å²) in [6.07, 6.45) is 7.39. The maximum Gasteiger partial charge on any atom is 0.225 e. The number of rotatable bonds is 3. The van der Waals surface area contributed by atoms with Crippen molar-refractivity contribution in [2.24, 2.45) is 5.92 Å². The zero-order valence-electron chi connectivity index (χ0n) is 12.8. The van der Waals surface area contributed by atoms with Crippen LogP contribution in [0.1, 0.15) is 29.8 Å². The first kappa shape index (κ1) is 14.0. The fourth-order valence-corrected chi connectivity index (χ4v) is 3.11. The molecule has 3 rings (SSSR count). The minimum atomic E-state index is 0.660. The molecular formula is C17H22N4. The molecule has 3 heterocycles. The number of hydrogen-bond donors (Lipinski definition) is 0. The van der Waals surface area contributed by atoms with E-state index in [0.29, 0.717) is 5.92 Å². The molecule has 1 aliphatic heterocycles. The second-order valence-electron chi connectivity index (χ2n) is 5.97. The van der Waals surface area contributed by atoms with Gasteiger partial charge in [-0.3, -0.25) is 4.98 Å². The van der Waals surface area contributed by atoms with Crippen LogP contribution in [-0.4, -0.2) is 28.0 Å². The van der Waals surface area contributed by atoms with Gasteiger partial charge in [-0.25, -0.2) is 9.97 Å². The second kappa shape index (κ2) is 6.20. The smallest absolute Gasteiger partial charge is 0.225 e. The zero-order valence-corrected chi connectivity index (χ0v) is 12.8. The predicted molar refractivity (Wildman–Crippen MR) is 84.4 cm³/mol. The Morgan fingerprint density at radius 2 is 2.05 bits per heavy atom. The maximum absolute atomic E-state index is 4.60. The Morgan fingerprint density at radius 1 is 1.24 bits per heavy atom. The average Bonchev–Trinajstić information content (AvgIpc) is 2.47. The van der Waals surface area contributed by atoms with Gasteiger partial charge in [0.2, 0.25) is 5.95 Å². The molecule has 0 N–H and O–H groups in total. The SMILES string of the molecule is Cc1cc(C)nc(N2CCC[C@H](Cc3cccnc3)C2)n1. The van der Waals surface area contributed by atoms with Crippen molar-refractivity contribution in [3.8, 4) is 0 Å². The van der Waals surface area contributed by atoms with Gasteiger partial charge in [-0.1, -0.05) is 6.07 Å². The third kappa shape index (κ3) is 3.57. The van der Waals surface area contributed by atoms with Crippen LogP contribution in [0.4, 0.5) is 5.95 Å². The van der Waals surface area contributed by atoms with Crippen molar-refractivity contribution in [3.05, 3.63) is 47.5 Å². The molecule has 21 heavy (non-hydrogen) atoms. The summed E-state index contributed by atoms with van der Waals surface area (Å²) >= 11 is 0. The molecule has 0 spiro atoms. The molecule has 0 aliphatic carbocycles. The first-order chi connectivity index (χ1) is 10.2. The highest BCUT2D eigenvalue weighted by Crippen LogP contribution is 2.23. The van der Waals surface area contributed by atoms with Crippen LogP contribution in [0.2, 0.25) is 0 Å². The Kier molecular flexibility index (Phi) is 4.13. The van der Waals surface area contributed by atoms with Crippen LogP contribution in [0.5, 0.6) is 0 Å². The Morgan fingerprint density at radius 3 is 2.76 bits per heavy atom. The molecular weight excluding hydrogens is 260 g/mol. The predicted octanol–water partition coefficient (Wildman–Crippen LogP) is 2.95. The standard InChI is InChI=1S/C17H22N4/c1-13-9-14(2)20-17(19-13)21-8-4-6-16(12-21)10-15-5-3-7-18-11-15/h3,5,7,9,11,16H,4,6,8,10,12H2,1-2H3/t16-/m1/s1. The fraction of sp³-hybridized carbons (Fsp3) is 0.471. The van der Waals surface area contributed by atoms with Crippen LogP contribution in [0.25, 0.3) is 0 Å². The van der Waals surface area contributed by atoms with E-state index >= 15 is 0 Å². The van der Waals surface area contributed by atoms with Crippen molar-refractivity contribution in [3.63, 3.8) is 0 Å². The van der Waals surface area contributed by atoms with Crippen LogP contribution in [0.3, 0.4) is 0 Å². The Hall–Kier alpha value is -1.97. The number of aromatic nitrogens is 3. The minimum Gasteiger partial charge on any atom is -0.341 e. The summed E-state index contributed by atoms with van der Waals surface area (Å²) in [7, 11) is 0. The van der Waals surface area contributed by atoms with E-state index in [-0.39, 0.29) is 0 Å². The maximum atomic E-state index is 4.60. The summed E-state index contributed by atoms with van der Waals surface area (Å²) in [5, 5.41) is 0. The third-order valence-electron chi connectivity index (χ3n) is 4.02. The average molecular weight is 282 g/mol. The van der Waals surface area contributed by atoms with Crippen LogP contribution in [0, 0.1) is 19.8 Å². The highest BCUT2D eigenvalue weighted by Gasteiger charge is 2.22. The topological polar surface area (TPSA) is 41.9 Å². The summed E-state index contributed by atoms with van der Waals surface area (Å²) in [6.45, 7) is 6.18. The minimum absolute atomic E-state index is 0.660. The number of pyridine rings is 1. The van der Waals surface area contributed by atoms with E-state index in [2.05, 4.69) is 25.9 Å². The molecule has 1 saturated heterocycles. The highest BCUT2D eigenvalue weighted by molar-refractivity contribution is 5.33. The number of aryl methyl sites for hydroxylation is 2. The number of anilines is 1. The van der Waals surface area contributed by atoms with Crippen molar-refractivity contribution in [1.29, 1.82) is 0 Å². The van der Waals surface area contributed by atoms with E-state index in [1.807, 2.05) is 38.4 Å². The molecule has 1 aliphatic rings. The molecule has 0 aromatic carbocycles. The molecule has 2 aromatic rings. The Bertz CT molecular complexity index is 577. The summed E-state index contributed by atoms with van der Waals surface area (Å²) in [5.41, 5.74) is 3.42. The van der Waals surface area contributed by atoms with E-state index < -0.39 is 0 Å². The van der Waals surface area contributed by atoms with Crippen molar-refractivity contribution < 1.29 is 0 Å². The fourth-order valence-electron chi connectivity index (χ4n) is 3.11. The summed E-state index contributed by atoms with van der Waals surface area (Å²) in [4.78, 5) is 15.8. The molecule has 4 nitrogen and oxygen atoms in total. The van der Waals surface area contributed by atoms with Crippen LogP contribution >= 0.6 is 0 Å². The molecule has 4 heteroatoms. The lowest BCUT2D eigenvalue weighted by molar-refractivity contribution is 0.408. The Balaban J connectivity index is 1.70. The number of piperidine rings is 1. The molecule has 110 valence electrons. The molecule has 0 saturated carbocycles. The van der Waals surface area contributed by atoms with Crippen molar-refractivity contribution in [2.45, 2.75) is 33.1 Å². The number of nitrogens with zero attached hydrogens (tertiary/aromatic N) is 4. The zero-order chi connectivity index (χ0) is 14.7. The second-order valence-corrected chi connectivity index (χ2v) is 5.97. The van der Waals surface area contributed by atoms with Gasteiger partial charge >= 0.3 is 0 Å². The lowest BCUT2D eigenvalue weighted by Crippen LogP contribution is -2.37. The van der Waals surface area contributed by atoms with Gasteiger partial charge < -0.3 is 4.90 Å². The van der Waals surface area contributed by atoms with Crippen LogP contribution in [0.15, 0.2) is 30.6 Å².